The van der Waals surface area contributed by atoms with Crippen molar-refractivity contribution in [1.82, 2.24) is 10.6 Å². The van der Waals surface area contributed by atoms with E-state index >= 15 is 0 Å². The molecule has 3 heteroatoms. The number of hydrogen-bond acceptors (Lipinski definition) is 1. The Balaban J connectivity index is 1.75. The van der Waals surface area contributed by atoms with Crippen molar-refractivity contribution in [2.75, 3.05) is 0 Å². The standard InChI is InChI=1S/C22H22N2S/c1-14-3-7-16(8-4-14)13-18-11-12-19-20(18)21(24-22(25)23-19)17-9-5-15(2)6-10-17/h3-10,13,21H,11-12H2,1-2H3,(H2,23,24,25). The molecular weight excluding hydrogens is 324 g/mol. The van der Waals surface area contributed by atoms with Crippen LogP contribution < -0.4 is 10.6 Å². The zero-order chi connectivity index (χ0) is 17.4. The van der Waals surface area contributed by atoms with E-state index in [9.17, 15) is 0 Å². The Morgan fingerprint density at radius 2 is 1.56 bits per heavy atom. The maximum absolute atomic E-state index is 5.44. The van der Waals surface area contributed by atoms with Gasteiger partial charge in [-0.1, -0.05) is 65.7 Å². The summed E-state index contributed by atoms with van der Waals surface area (Å²) >= 11 is 5.44. The van der Waals surface area contributed by atoms with E-state index in [0.717, 1.165) is 18.0 Å². The molecule has 1 aliphatic heterocycles. The first-order valence-corrected chi connectivity index (χ1v) is 9.16. The van der Waals surface area contributed by atoms with Gasteiger partial charge in [-0.05, 0) is 55.6 Å². The Morgan fingerprint density at radius 3 is 2.24 bits per heavy atom. The highest BCUT2D eigenvalue weighted by molar-refractivity contribution is 7.80. The lowest BCUT2D eigenvalue weighted by atomic mass is 9.91. The van der Waals surface area contributed by atoms with Gasteiger partial charge in [0.05, 0.1) is 6.04 Å². The summed E-state index contributed by atoms with van der Waals surface area (Å²) in [6.45, 7) is 4.24. The summed E-state index contributed by atoms with van der Waals surface area (Å²) < 4.78 is 0. The third-order valence-electron chi connectivity index (χ3n) is 4.97. The fourth-order valence-electron chi connectivity index (χ4n) is 3.61. The maximum atomic E-state index is 5.44. The minimum Gasteiger partial charge on any atom is -0.351 e. The van der Waals surface area contributed by atoms with Gasteiger partial charge in [0.15, 0.2) is 5.11 Å². The van der Waals surface area contributed by atoms with Crippen LogP contribution in [0.2, 0.25) is 0 Å². The smallest absolute Gasteiger partial charge is 0.171 e. The normalized spacial score (nSPS) is 21.1. The molecule has 2 aliphatic rings. The Labute approximate surface area is 154 Å². The number of rotatable bonds is 2. The molecule has 0 saturated heterocycles. The molecule has 2 nitrogen and oxygen atoms in total. The largest absolute Gasteiger partial charge is 0.351 e. The van der Waals surface area contributed by atoms with E-state index in [-0.39, 0.29) is 6.04 Å². The SMILES string of the molecule is Cc1ccc(C=C2CCC3=C2C(c2ccc(C)cc2)NC(=S)N3)cc1. The van der Waals surface area contributed by atoms with Gasteiger partial charge in [0.1, 0.15) is 0 Å². The Hall–Kier alpha value is -2.39. The third kappa shape index (κ3) is 3.24. The van der Waals surface area contributed by atoms with Gasteiger partial charge in [-0.15, -0.1) is 0 Å². The van der Waals surface area contributed by atoms with Crippen molar-refractivity contribution in [2.24, 2.45) is 0 Å². The zero-order valence-corrected chi connectivity index (χ0v) is 15.4. The van der Waals surface area contributed by atoms with Gasteiger partial charge in [-0.2, -0.15) is 0 Å². The first-order valence-electron chi connectivity index (χ1n) is 8.75. The second kappa shape index (κ2) is 6.49. The van der Waals surface area contributed by atoms with Crippen molar-refractivity contribution in [3.8, 4) is 0 Å². The van der Waals surface area contributed by atoms with Crippen LogP contribution in [0.5, 0.6) is 0 Å². The number of hydrogen-bond donors (Lipinski definition) is 2. The monoisotopic (exact) mass is 346 g/mol. The molecule has 126 valence electrons. The van der Waals surface area contributed by atoms with Crippen molar-refractivity contribution >= 4 is 23.4 Å². The molecule has 0 amide bonds. The first kappa shape index (κ1) is 16.1. The van der Waals surface area contributed by atoms with Gasteiger partial charge < -0.3 is 10.6 Å². The molecule has 0 saturated carbocycles. The lowest BCUT2D eigenvalue weighted by Gasteiger charge is -2.30. The van der Waals surface area contributed by atoms with Crippen molar-refractivity contribution < 1.29 is 0 Å². The summed E-state index contributed by atoms with van der Waals surface area (Å²) in [5.41, 5.74) is 9.11. The van der Waals surface area contributed by atoms with Crippen LogP contribution in [0, 0.1) is 13.8 Å². The lowest BCUT2D eigenvalue weighted by molar-refractivity contribution is 0.707. The summed E-state index contributed by atoms with van der Waals surface area (Å²) in [6, 6.07) is 17.6. The van der Waals surface area contributed by atoms with Crippen LogP contribution >= 0.6 is 12.2 Å². The van der Waals surface area contributed by atoms with Crippen LogP contribution in [0.1, 0.15) is 41.1 Å². The van der Waals surface area contributed by atoms with Gasteiger partial charge in [0.2, 0.25) is 0 Å². The number of nitrogens with one attached hydrogen (secondary N) is 2. The molecule has 0 spiro atoms. The molecule has 0 bridgehead atoms. The van der Waals surface area contributed by atoms with Crippen LogP contribution in [0.25, 0.3) is 6.08 Å². The number of benzene rings is 2. The van der Waals surface area contributed by atoms with E-state index in [4.69, 9.17) is 12.2 Å². The van der Waals surface area contributed by atoms with Crippen molar-refractivity contribution in [3.63, 3.8) is 0 Å². The van der Waals surface area contributed by atoms with E-state index in [2.05, 4.69) is 79.1 Å². The number of aryl methyl sites for hydroxylation is 2. The van der Waals surface area contributed by atoms with Crippen LogP contribution in [-0.4, -0.2) is 5.11 Å². The fraction of sp³-hybridized carbons (Fsp3) is 0.227. The second-order valence-electron chi connectivity index (χ2n) is 6.91. The van der Waals surface area contributed by atoms with Gasteiger partial charge in [-0.25, -0.2) is 0 Å². The summed E-state index contributed by atoms with van der Waals surface area (Å²) in [4.78, 5) is 0. The summed E-state index contributed by atoms with van der Waals surface area (Å²) in [6.07, 6.45) is 4.40. The van der Waals surface area contributed by atoms with Crippen LogP contribution in [0.4, 0.5) is 0 Å². The molecule has 2 aromatic carbocycles. The van der Waals surface area contributed by atoms with Gasteiger partial charge >= 0.3 is 0 Å². The van der Waals surface area contributed by atoms with Gasteiger partial charge in [0.25, 0.3) is 0 Å². The second-order valence-corrected chi connectivity index (χ2v) is 7.32. The molecular formula is C22H22N2S. The number of thiocarbonyl (C=S) groups is 1. The highest BCUT2D eigenvalue weighted by Gasteiger charge is 2.32. The highest BCUT2D eigenvalue weighted by atomic mass is 32.1. The van der Waals surface area contributed by atoms with Crippen molar-refractivity contribution in [3.05, 3.63) is 87.6 Å². The molecule has 0 radical (unpaired) electrons. The zero-order valence-electron chi connectivity index (χ0n) is 14.6. The Bertz CT molecular complexity index is 873. The first-order chi connectivity index (χ1) is 12.1. The summed E-state index contributed by atoms with van der Waals surface area (Å²) in [7, 11) is 0. The lowest BCUT2D eigenvalue weighted by Crippen LogP contribution is -2.42. The average Bonchev–Trinajstić information content (AvgIpc) is 2.99. The van der Waals surface area contributed by atoms with Crippen molar-refractivity contribution in [2.45, 2.75) is 32.7 Å². The van der Waals surface area contributed by atoms with Crippen LogP contribution in [-0.2, 0) is 0 Å². The molecule has 2 N–H and O–H groups in total. The predicted octanol–water partition coefficient (Wildman–Crippen LogP) is 4.95. The summed E-state index contributed by atoms with van der Waals surface area (Å²) in [5.74, 6) is 0. The molecule has 4 rings (SSSR count). The quantitative estimate of drug-likeness (QED) is 0.752. The Morgan fingerprint density at radius 1 is 0.920 bits per heavy atom. The minimum absolute atomic E-state index is 0.128. The molecule has 25 heavy (non-hydrogen) atoms. The predicted molar refractivity (Wildman–Crippen MR) is 108 cm³/mol. The van der Waals surface area contributed by atoms with Crippen LogP contribution in [0.15, 0.2) is 65.4 Å². The molecule has 0 fully saturated rings. The molecule has 1 unspecified atom stereocenters. The average molecular weight is 346 g/mol. The van der Waals surface area contributed by atoms with Gasteiger partial charge in [-0.3, -0.25) is 0 Å². The molecule has 1 heterocycles. The van der Waals surface area contributed by atoms with E-state index in [1.807, 2.05) is 0 Å². The highest BCUT2D eigenvalue weighted by Crippen LogP contribution is 2.41. The van der Waals surface area contributed by atoms with Crippen molar-refractivity contribution in [1.29, 1.82) is 0 Å². The third-order valence-corrected chi connectivity index (χ3v) is 5.19. The molecule has 2 aromatic rings. The molecule has 0 aromatic heterocycles. The van der Waals surface area contributed by atoms with Crippen LogP contribution in [0.3, 0.4) is 0 Å². The Kier molecular flexibility index (Phi) is 4.18. The van der Waals surface area contributed by atoms with E-state index in [0.29, 0.717) is 0 Å². The van der Waals surface area contributed by atoms with E-state index < -0.39 is 0 Å². The fourth-order valence-corrected chi connectivity index (χ4v) is 3.85. The van der Waals surface area contributed by atoms with Gasteiger partial charge in [0, 0.05) is 11.3 Å². The van der Waals surface area contributed by atoms with E-state index in [1.54, 1.807) is 0 Å². The molecule has 1 aliphatic carbocycles. The topological polar surface area (TPSA) is 24.1 Å². The number of allylic oxidation sites excluding steroid dienone is 1. The van der Waals surface area contributed by atoms with E-state index in [1.165, 1.54) is 39.1 Å². The molecule has 1 atom stereocenters. The maximum Gasteiger partial charge on any atom is 0.171 e. The minimum atomic E-state index is 0.128. The summed E-state index contributed by atoms with van der Waals surface area (Å²) in [5, 5.41) is 7.57.